The van der Waals surface area contributed by atoms with Crippen molar-refractivity contribution in [3.05, 3.63) is 82.8 Å². The van der Waals surface area contributed by atoms with Gasteiger partial charge in [0, 0.05) is 42.7 Å². The van der Waals surface area contributed by atoms with E-state index in [1.807, 2.05) is 4.90 Å². The summed E-state index contributed by atoms with van der Waals surface area (Å²) in [6, 6.07) is 18.3. The zero-order chi connectivity index (χ0) is 20.5. The van der Waals surface area contributed by atoms with Crippen molar-refractivity contribution in [1.29, 1.82) is 0 Å². The first-order chi connectivity index (χ1) is 14.7. The second-order valence-electron chi connectivity index (χ2n) is 7.34. The van der Waals surface area contributed by atoms with Gasteiger partial charge in [0.2, 0.25) is 0 Å². The summed E-state index contributed by atoms with van der Waals surface area (Å²) in [5.74, 6) is 0.542. The maximum absolute atomic E-state index is 13.1. The minimum atomic E-state index is -0.333. The molecular weight excluding hydrogens is 397 g/mol. The van der Waals surface area contributed by atoms with Crippen LogP contribution in [-0.2, 0) is 0 Å². The van der Waals surface area contributed by atoms with E-state index in [2.05, 4.69) is 52.1 Å². The van der Waals surface area contributed by atoms with Gasteiger partial charge in [-0.2, -0.15) is 11.3 Å². The highest BCUT2D eigenvalue weighted by atomic mass is 32.1. The number of aromatic nitrogens is 1. The van der Waals surface area contributed by atoms with E-state index < -0.39 is 0 Å². The molecule has 0 unspecified atom stereocenters. The number of pyridine rings is 1. The molecule has 1 aliphatic heterocycles. The molecule has 2 aromatic heterocycles. The summed E-state index contributed by atoms with van der Waals surface area (Å²) in [6.07, 6.45) is 0. The molecule has 0 saturated carbocycles. The van der Waals surface area contributed by atoms with Crippen molar-refractivity contribution in [3.63, 3.8) is 0 Å². The first-order valence-electron chi connectivity index (χ1n) is 9.91. The fourth-order valence-corrected chi connectivity index (χ4v) is 4.53. The highest BCUT2D eigenvalue weighted by Crippen LogP contribution is 2.30. The van der Waals surface area contributed by atoms with Gasteiger partial charge in [-0.25, -0.2) is 9.37 Å². The summed E-state index contributed by atoms with van der Waals surface area (Å²) in [6.45, 7) is 2.66. The first kappa shape index (κ1) is 18.8. The monoisotopic (exact) mass is 417 g/mol. The highest BCUT2D eigenvalue weighted by Gasteiger charge is 2.23. The third-order valence-electron chi connectivity index (χ3n) is 5.52. The van der Waals surface area contributed by atoms with E-state index in [1.165, 1.54) is 17.7 Å². The summed E-state index contributed by atoms with van der Waals surface area (Å²) in [7, 11) is 0. The minimum Gasteiger partial charge on any atom is -0.353 e. The number of carbonyl (C=O) groups excluding carboxylic acids is 1. The average molecular weight is 418 g/mol. The Morgan fingerprint density at radius 2 is 1.73 bits per heavy atom. The van der Waals surface area contributed by atoms with Crippen LogP contribution in [0.25, 0.3) is 22.0 Å². The van der Waals surface area contributed by atoms with Crippen molar-refractivity contribution in [2.45, 2.75) is 0 Å². The molecular formula is C24H20FN3OS. The van der Waals surface area contributed by atoms with E-state index in [9.17, 15) is 9.18 Å². The molecule has 6 heteroatoms. The largest absolute Gasteiger partial charge is 0.353 e. The number of piperazine rings is 1. The van der Waals surface area contributed by atoms with Gasteiger partial charge in [-0.1, -0.05) is 18.2 Å². The number of benzene rings is 2. The molecule has 3 heterocycles. The number of amides is 1. The third-order valence-corrected chi connectivity index (χ3v) is 6.20. The zero-order valence-electron chi connectivity index (χ0n) is 16.3. The maximum atomic E-state index is 13.1. The predicted octanol–water partition coefficient (Wildman–Crippen LogP) is 5.06. The Kier molecular flexibility index (Phi) is 4.93. The fraction of sp³-hybridized carbons (Fsp3) is 0.167. The van der Waals surface area contributed by atoms with Crippen LogP contribution in [0.1, 0.15) is 10.4 Å². The molecule has 2 aromatic carbocycles. The molecule has 0 spiro atoms. The molecule has 150 valence electrons. The Morgan fingerprint density at radius 1 is 0.933 bits per heavy atom. The third kappa shape index (κ3) is 3.55. The number of fused-ring (bicyclic) bond motifs is 1. The van der Waals surface area contributed by atoms with E-state index in [0.29, 0.717) is 31.7 Å². The highest BCUT2D eigenvalue weighted by molar-refractivity contribution is 7.08. The molecule has 1 amide bonds. The quantitative estimate of drug-likeness (QED) is 0.467. The number of hydrogen-bond acceptors (Lipinski definition) is 4. The Labute approximate surface area is 178 Å². The van der Waals surface area contributed by atoms with Crippen LogP contribution in [0.3, 0.4) is 0 Å². The summed E-state index contributed by atoms with van der Waals surface area (Å²) in [5, 5.41) is 5.34. The molecule has 0 atom stereocenters. The number of halogens is 1. The predicted molar refractivity (Wildman–Crippen MR) is 120 cm³/mol. The van der Waals surface area contributed by atoms with Gasteiger partial charge in [0.05, 0.1) is 5.52 Å². The number of nitrogens with zero attached hydrogens (tertiary/aromatic N) is 3. The van der Waals surface area contributed by atoms with E-state index in [0.717, 1.165) is 22.3 Å². The zero-order valence-corrected chi connectivity index (χ0v) is 17.1. The molecule has 4 nitrogen and oxygen atoms in total. The fourth-order valence-electron chi connectivity index (χ4n) is 3.88. The van der Waals surface area contributed by atoms with Crippen LogP contribution in [0, 0.1) is 5.82 Å². The standard InChI is InChI=1S/C24H20FN3OS/c25-20-7-4-18(5-8-20)24(29)28-13-11-27(12-14-28)22-9-6-17-2-1-3-21(23(17)26-22)19-10-15-30-16-19/h1-10,15-16H,11-14H2. The van der Waals surface area contributed by atoms with Crippen LogP contribution in [0.15, 0.2) is 71.4 Å². The SMILES string of the molecule is O=C(c1ccc(F)cc1)N1CCN(c2ccc3cccc(-c4ccsc4)c3n2)CC1. The van der Waals surface area contributed by atoms with E-state index >= 15 is 0 Å². The lowest BCUT2D eigenvalue weighted by atomic mass is 10.0. The van der Waals surface area contributed by atoms with Gasteiger partial charge >= 0.3 is 0 Å². The topological polar surface area (TPSA) is 36.4 Å². The molecule has 0 aliphatic carbocycles. The lowest BCUT2D eigenvalue weighted by molar-refractivity contribution is 0.0746. The van der Waals surface area contributed by atoms with Gasteiger partial charge in [0.1, 0.15) is 11.6 Å². The lowest BCUT2D eigenvalue weighted by Crippen LogP contribution is -2.49. The maximum Gasteiger partial charge on any atom is 0.253 e. The number of thiophene rings is 1. The van der Waals surface area contributed by atoms with Crippen molar-refractivity contribution < 1.29 is 9.18 Å². The van der Waals surface area contributed by atoms with Gasteiger partial charge in [-0.15, -0.1) is 0 Å². The molecule has 1 fully saturated rings. The van der Waals surface area contributed by atoms with Gasteiger partial charge in [-0.3, -0.25) is 4.79 Å². The van der Waals surface area contributed by atoms with Crippen molar-refractivity contribution in [2.24, 2.45) is 0 Å². The molecule has 0 bridgehead atoms. The summed E-state index contributed by atoms with van der Waals surface area (Å²) < 4.78 is 13.1. The van der Waals surface area contributed by atoms with Gasteiger partial charge in [0.15, 0.2) is 0 Å². The van der Waals surface area contributed by atoms with Crippen LogP contribution in [0.4, 0.5) is 10.2 Å². The number of para-hydroxylation sites is 1. The number of carbonyl (C=O) groups is 1. The number of hydrogen-bond donors (Lipinski definition) is 0. The van der Waals surface area contributed by atoms with Crippen LogP contribution in [0.5, 0.6) is 0 Å². The number of anilines is 1. The Hall–Kier alpha value is -3.25. The molecule has 0 radical (unpaired) electrons. The van der Waals surface area contributed by atoms with Crippen LogP contribution >= 0.6 is 11.3 Å². The Balaban J connectivity index is 1.35. The summed E-state index contributed by atoms with van der Waals surface area (Å²) in [4.78, 5) is 21.7. The smallest absolute Gasteiger partial charge is 0.253 e. The number of rotatable bonds is 3. The van der Waals surface area contributed by atoms with E-state index in [1.54, 1.807) is 23.5 Å². The normalized spacial score (nSPS) is 14.3. The molecule has 1 saturated heterocycles. The summed E-state index contributed by atoms with van der Waals surface area (Å²) >= 11 is 1.68. The average Bonchev–Trinajstić information content (AvgIpc) is 3.33. The first-order valence-corrected chi connectivity index (χ1v) is 10.9. The van der Waals surface area contributed by atoms with Gasteiger partial charge in [-0.05, 0) is 58.8 Å². The van der Waals surface area contributed by atoms with Gasteiger partial charge in [0.25, 0.3) is 5.91 Å². The Bertz CT molecular complexity index is 1180. The van der Waals surface area contributed by atoms with Crippen molar-refractivity contribution >= 4 is 34.0 Å². The molecule has 1 aliphatic rings. The molecule has 30 heavy (non-hydrogen) atoms. The second kappa shape index (κ2) is 7.88. The van der Waals surface area contributed by atoms with Crippen LogP contribution in [0.2, 0.25) is 0 Å². The minimum absolute atomic E-state index is 0.0548. The van der Waals surface area contributed by atoms with Crippen molar-refractivity contribution in [1.82, 2.24) is 9.88 Å². The van der Waals surface area contributed by atoms with E-state index in [-0.39, 0.29) is 11.7 Å². The Morgan fingerprint density at radius 3 is 2.47 bits per heavy atom. The lowest BCUT2D eigenvalue weighted by Gasteiger charge is -2.35. The molecule has 5 rings (SSSR count). The van der Waals surface area contributed by atoms with Gasteiger partial charge < -0.3 is 9.80 Å². The van der Waals surface area contributed by atoms with E-state index in [4.69, 9.17) is 4.98 Å². The van der Waals surface area contributed by atoms with Crippen LogP contribution in [-0.4, -0.2) is 42.0 Å². The summed E-state index contributed by atoms with van der Waals surface area (Å²) in [5.41, 5.74) is 3.85. The molecule has 4 aromatic rings. The van der Waals surface area contributed by atoms with Crippen LogP contribution < -0.4 is 4.90 Å². The van der Waals surface area contributed by atoms with Crippen molar-refractivity contribution in [3.8, 4) is 11.1 Å². The molecule has 0 N–H and O–H groups in total. The van der Waals surface area contributed by atoms with Crippen molar-refractivity contribution in [2.75, 3.05) is 31.1 Å². The second-order valence-corrected chi connectivity index (χ2v) is 8.12.